The van der Waals surface area contributed by atoms with E-state index in [9.17, 15) is 0 Å². The molecule has 21 heavy (non-hydrogen) atoms. The van der Waals surface area contributed by atoms with Crippen molar-refractivity contribution < 1.29 is 0 Å². The lowest BCUT2D eigenvalue weighted by atomic mass is 9.96. The van der Waals surface area contributed by atoms with Crippen molar-refractivity contribution in [3.8, 4) is 0 Å². The molecule has 0 saturated carbocycles. The molecular formula is C19H32N2. The number of unbranched alkanes of at least 4 members (excludes halogenated alkanes) is 2. The summed E-state index contributed by atoms with van der Waals surface area (Å²) in [6, 6.07) is 11.5. The highest BCUT2D eigenvalue weighted by molar-refractivity contribution is 5.18. The zero-order valence-corrected chi connectivity index (χ0v) is 13.9. The molecule has 0 radical (unpaired) electrons. The molecule has 0 spiro atoms. The number of rotatable bonds is 8. The van der Waals surface area contributed by atoms with E-state index in [-0.39, 0.29) is 0 Å². The van der Waals surface area contributed by atoms with E-state index in [2.05, 4.69) is 54.5 Å². The third-order valence-electron chi connectivity index (χ3n) is 4.67. The number of nitrogens with zero attached hydrogens (tertiary/aromatic N) is 1. The monoisotopic (exact) mass is 288 g/mol. The van der Waals surface area contributed by atoms with Gasteiger partial charge in [0.25, 0.3) is 0 Å². The summed E-state index contributed by atoms with van der Waals surface area (Å²) in [5.41, 5.74) is 1.46. The van der Waals surface area contributed by atoms with Crippen molar-refractivity contribution in [2.75, 3.05) is 26.7 Å². The minimum Gasteiger partial charge on any atom is -0.310 e. The number of hydrogen-bond donors (Lipinski definition) is 1. The SMILES string of the molecule is CCCCCC(NCC1CCCN(C)C1)c1ccccc1. The highest BCUT2D eigenvalue weighted by atomic mass is 15.1. The van der Waals surface area contributed by atoms with Crippen molar-refractivity contribution in [3.05, 3.63) is 35.9 Å². The van der Waals surface area contributed by atoms with Crippen LogP contribution in [0.4, 0.5) is 0 Å². The number of benzene rings is 1. The third-order valence-corrected chi connectivity index (χ3v) is 4.67. The molecule has 2 heteroatoms. The summed E-state index contributed by atoms with van der Waals surface area (Å²) in [6.45, 7) is 5.97. The zero-order valence-electron chi connectivity index (χ0n) is 13.9. The van der Waals surface area contributed by atoms with Gasteiger partial charge in [0.2, 0.25) is 0 Å². The first-order chi connectivity index (χ1) is 10.3. The van der Waals surface area contributed by atoms with E-state index in [1.54, 1.807) is 0 Å². The fourth-order valence-corrected chi connectivity index (χ4v) is 3.42. The average Bonchev–Trinajstić information content (AvgIpc) is 2.52. The number of hydrogen-bond acceptors (Lipinski definition) is 2. The van der Waals surface area contributed by atoms with Gasteiger partial charge in [-0.2, -0.15) is 0 Å². The van der Waals surface area contributed by atoms with Crippen LogP contribution in [0.2, 0.25) is 0 Å². The van der Waals surface area contributed by atoms with Crippen LogP contribution < -0.4 is 5.32 Å². The van der Waals surface area contributed by atoms with E-state index in [1.165, 1.54) is 57.2 Å². The second kappa shape index (κ2) is 9.22. The first-order valence-corrected chi connectivity index (χ1v) is 8.76. The van der Waals surface area contributed by atoms with Gasteiger partial charge in [0.15, 0.2) is 0 Å². The van der Waals surface area contributed by atoms with Crippen LogP contribution in [0.5, 0.6) is 0 Å². The lowest BCUT2D eigenvalue weighted by Gasteiger charge is -2.31. The Labute approximate surface area is 130 Å². The molecule has 1 fully saturated rings. The van der Waals surface area contributed by atoms with Gasteiger partial charge in [-0.3, -0.25) is 0 Å². The molecule has 2 atom stereocenters. The summed E-state index contributed by atoms with van der Waals surface area (Å²) < 4.78 is 0. The van der Waals surface area contributed by atoms with Gasteiger partial charge in [0.05, 0.1) is 0 Å². The van der Waals surface area contributed by atoms with Gasteiger partial charge in [-0.25, -0.2) is 0 Å². The molecule has 2 rings (SSSR count). The van der Waals surface area contributed by atoms with Gasteiger partial charge in [-0.1, -0.05) is 56.5 Å². The molecule has 0 bridgehead atoms. The Morgan fingerprint density at radius 3 is 2.76 bits per heavy atom. The van der Waals surface area contributed by atoms with Gasteiger partial charge in [-0.15, -0.1) is 0 Å². The Morgan fingerprint density at radius 1 is 1.24 bits per heavy atom. The van der Waals surface area contributed by atoms with Crippen molar-refractivity contribution in [1.29, 1.82) is 0 Å². The molecule has 2 unspecified atom stereocenters. The maximum Gasteiger partial charge on any atom is 0.0320 e. The van der Waals surface area contributed by atoms with Crippen molar-refractivity contribution in [2.24, 2.45) is 5.92 Å². The minimum atomic E-state index is 0.532. The molecule has 0 aromatic heterocycles. The summed E-state index contributed by atoms with van der Waals surface area (Å²) in [6.07, 6.45) is 7.97. The second-order valence-corrected chi connectivity index (χ2v) is 6.64. The largest absolute Gasteiger partial charge is 0.310 e. The number of piperidine rings is 1. The molecule has 2 nitrogen and oxygen atoms in total. The molecule has 1 saturated heterocycles. The van der Waals surface area contributed by atoms with E-state index in [1.807, 2.05) is 0 Å². The van der Waals surface area contributed by atoms with Gasteiger partial charge < -0.3 is 10.2 Å². The molecule has 1 aromatic rings. The van der Waals surface area contributed by atoms with Crippen LogP contribution in [0.15, 0.2) is 30.3 Å². The molecule has 1 N–H and O–H groups in total. The zero-order chi connectivity index (χ0) is 14.9. The Balaban J connectivity index is 1.86. The van der Waals surface area contributed by atoms with E-state index in [0.29, 0.717) is 6.04 Å². The normalized spacial score (nSPS) is 21.3. The maximum absolute atomic E-state index is 3.86. The molecule has 1 aliphatic heterocycles. The fraction of sp³-hybridized carbons (Fsp3) is 0.684. The van der Waals surface area contributed by atoms with Crippen molar-refractivity contribution in [1.82, 2.24) is 10.2 Å². The van der Waals surface area contributed by atoms with Gasteiger partial charge in [-0.05, 0) is 50.9 Å². The number of nitrogens with one attached hydrogen (secondary N) is 1. The Kier molecular flexibility index (Phi) is 7.25. The molecular weight excluding hydrogens is 256 g/mol. The van der Waals surface area contributed by atoms with Crippen molar-refractivity contribution in [2.45, 2.75) is 51.5 Å². The van der Waals surface area contributed by atoms with E-state index >= 15 is 0 Å². The predicted molar refractivity (Wildman–Crippen MR) is 91.5 cm³/mol. The summed E-state index contributed by atoms with van der Waals surface area (Å²) in [5, 5.41) is 3.86. The summed E-state index contributed by atoms with van der Waals surface area (Å²) in [7, 11) is 2.25. The van der Waals surface area contributed by atoms with Crippen LogP contribution in [0.1, 0.15) is 57.1 Å². The van der Waals surface area contributed by atoms with Gasteiger partial charge >= 0.3 is 0 Å². The fourth-order valence-electron chi connectivity index (χ4n) is 3.42. The van der Waals surface area contributed by atoms with Crippen LogP contribution >= 0.6 is 0 Å². The summed E-state index contributed by atoms with van der Waals surface area (Å²) >= 11 is 0. The first kappa shape index (κ1) is 16.5. The molecule has 1 aromatic carbocycles. The molecule has 118 valence electrons. The maximum atomic E-state index is 3.86. The van der Waals surface area contributed by atoms with E-state index < -0.39 is 0 Å². The number of likely N-dealkylation sites (tertiary alicyclic amines) is 1. The van der Waals surface area contributed by atoms with Crippen LogP contribution in [-0.4, -0.2) is 31.6 Å². The smallest absolute Gasteiger partial charge is 0.0320 e. The van der Waals surface area contributed by atoms with E-state index in [4.69, 9.17) is 0 Å². The molecule has 1 heterocycles. The minimum absolute atomic E-state index is 0.532. The summed E-state index contributed by atoms with van der Waals surface area (Å²) in [4.78, 5) is 2.48. The first-order valence-electron chi connectivity index (χ1n) is 8.76. The Morgan fingerprint density at radius 2 is 2.05 bits per heavy atom. The standard InChI is InChI=1S/C19H32N2/c1-3-4-6-13-19(18-11-7-5-8-12-18)20-15-17-10-9-14-21(2)16-17/h5,7-8,11-12,17,19-20H,3-4,6,9-10,13-16H2,1-2H3. The quantitative estimate of drug-likeness (QED) is 0.720. The van der Waals surface area contributed by atoms with Crippen LogP contribution in [-0.2, 0) is 0 Å². The van der Waals surface area contributed by atoms with Gasteiger partial charge in [0, 0.05) is 12.6 Å². The predicted octanol–water partition coefficient (Wildman–Crippen LogP) is 4.24. The van der Waals surface area contributed by atoms with Gasteiger partial charge in [0.1, 0.15) is 0 Å². The lowest BCUT2D eigenvalue weighted by molar-refractivity contribution is 0.202. The van der Waals surface area contributed by atoms with Crippen LogP contribution in [0.3, 0.4) is 0 Å². The van der Waals surface area contributed by atoms with Crippen LogP contribution in [0, 0.1) is 5.92 Å². The Bertz CT molecular complexity index is 376. The van der Waals surface area contributed by atoms with Crippen molar-refractivity contribution >= 4 is 0 Å². The van der Waals surface area contributed by atoms with Crippen molar-refractivity contribution in [3.63, 3.8) is 0 Å². The molecule has 1 aliphatic rings. The lowest BCUT2D eigenvalue weighted by Crippen LogP contribution is -2.38. The highest BCUT2D eigenvalue weighted by Crippen LogP contribution is 2.21. The highest BCUT2D eigenvalue weighted by Gasteiger charge is 2.19. The second-order valence-electron chi connectivity index (χ2n) is 6.64. The third kappa shape index (κ3) is 5.80. The molecule has 0 aliphatic carbocycles. The van der Waals surface area contributed by atoms with E-state index in [0.717, 1.165) is 12.5 Å². The van der Waals surface area contributed by atoms with Crippen LogP contribution in [0.25, 0.3) is 0 Å². The Hall–Kier alpha value is -0.860. The molecule has 0 amide bonds. The topological polar surface area (TPSA) is 15.3 Å². The summed E-state index contributed by atoms with van der Waals surface area (Å²) in [5.74, 6) is 0.820. The average molecular weight is 288 g/mol.